The molecule has 1 heterocycles. The van der Waals surface area contributed by atoms with Gasteiger partial charge in [0.1, 0.15) is 0 Å². The lowest BCUT2D eigenvalue weighted by molar-refractivity contribution is -0.0437. The Morgan fingerprint density at radius 2 is 1.71 bits per heavy atom. The zero-order valence-corrected chi connectivity index (χ0v) is 12.2. The highest BCUT2D eigenvalue weighted by atomic mass is 16.5. The van der Waals surface area contributed by atoms with Crippen molar-refractivity contribution in [2.24, 2.45) is 29.1 Å². The van der Waals surface area contributed by atoms with Crippen molar-refractivity contribution >= 4 is 0 Å². The van der Waals surface area contributed by atoms with Gasteiger partial charge in [-0.15, -0.1) is 0 Å². The van der Waals surface area contributed by atoms with Crippen LogP contribution in [0.2, 0.25) is 0 Å². The van der Waals surface area contributed by atoms with Crippen LogP contribution in [0.25, 0.3) is 0 Å². The van der Waals surface area contributed by atoms with Crippen molar-refractivity contribution in [1.82, 2.24) is 0 Å². The van der Waals surface area contributed by atoms with Gasteiger partial charge in [0.15, 0.2) is 0 Å². The van der Waals surface area contributed by atoms with Crippen molar-refractivity contribution in [2.45, 2.75) is 59.8 Å². The standard InChI is InChI=1S/C16H30O/c1-12(2)16(13(3)4)10-14-6-5-7-15(16)8-9-17-11-14/h12-15H,5-11H2,1-4H3. The Kier molecular flexibility index (Phi) is 4.18. The van der Waals surface area contributed by atoms with Crippen molar-refractivity contribution in [3.63, 3.8) is 0 Å². The summed E-state index contributed by atoms with van der Waals surface area (Å²) < 4.78 is 5.84. The molecule has 0 radical (unpaired) electrons. The zero-order chi connectivity index (χ0) is 12.5. The Hall–Kier alpha value is -0.0400. The predicted molar refractivity (Wildman–Crippen MR) is 73.0 cm³/mol. The fraction of sp³-hybridized carbons (Fsp3) is 1.00. The first kappa shape index (κ1) is 13.4. The van der Waals surface area contributed by atoms with Gasteiger partial charge in [-0.1, -0.05) is 34.1 Å². The van der Waals surface area contributed by atoms with E-state index in [-0.39, 0.29) is 0 Å². The van der Waals surface area contributed by atoms with Crippen molar-refractivity contribution in [1.29, 1.82) is 0 Å². The van der Waals surface area contributed by atoms with Crippen LogP contribution in [0.3, 0.4) is 0 Å². The predicted octanol–water partition coefficient (Wildman–Crippen LogP) is 4.51. The highest BCUT2D eigenvalue weighted by molar-refractivity contribution is 4.95. The molecule has 1 heteroatoms. The van der Waals surface area contributed by atoms with Crippen molar-refractivity contribution < 1.29 is 4.74 Å². The number of hydrogen-bond acceptors (Lipinski definition) is 1. The van der Waals surface area contributed by atoms with Crippen LogP contribution in [0.4, 0.5) is 0 Å². The highest BCUT2D eigenvalue weighted by Crippen LogP contribution is 2.54. The minimum absolute atomic E-state index is 0.574. The molecule has 1 saturated heterocycles. The van der Waals surface area contributed by atoms with Gasteiger partial charge in [0, 0.05) is 13.2 Å². The summed E-state index contributed by atoms with van der Waals surface area (Å²) in [5.41, 5.74) is 0.574. The monoisotopic (exact) mass is 238 g/mol. The van der Waals surface area contributed by atoms with Gasteiger partial charge in [0.2, 0.25) is 0 Å². The molecule has 1 aliphatic carbocycles. The number of rotatable bonds is 2. The number of ether oxygens (including phenoxy) is 1. The van der Waals surface area contributed by atoms with E-state index in [9.17, 15) is 0 Å². The molecule has 0 aromatic carbocycles. The second-order valence-electron chi connectivity index (χ2n) is 6.98. The van der Waals surface area contributed by atoms with Gasteiger partial charge in [0.05, 0.1) is 0 Å². The first-order chi connectivity index (χ1) is 8.07. The van der Waals surface area contributed by atoms with E-state index >= 15 is 0 Å². The van der Waals surface area contributed by atoms with Crippen LogP contribution in [0.5, 0.6) is 0 Å². The molecule has 2 unspecified atom stereocenters. The van der Waals surface area contributed by atoms with E-state index in [1.54, 1.807) is 0 Å². The molecule has 0 amide bonds. The first-order valence-corrected chi connectivity index (χ1v) is 7.65. The molecule has 2 aliphatic rings. The van der Waals surface area contributed by atoms with Gasteiger partial charge in [-0.2, -0.15) is 0 Å². The third kappa shape index (κ3) is 2.41. The average molecular weight is 238 g/mol. The second kappa shape index (κ2) is 5.30. The molecular formula is C16H30O. The van der Waals surface area contributed by atoms with E-state index < -0.39 is 0 Å². The molecule has 2 atom stereocenters. The lowest BCUT2D eigenvalue weighted by Crippen LogP contribution is -2.43. The van der Waals surface area contributed by atoms with Crippen LogP contribution < -0.4 is 0 Å². The average Bonchev–Trinajstić information content (AvgIpc) is 2.32. The molecule has 17 heavy (non-hydrogen) atoms. The van der Waals surface area contributed by atoms with E-state index in [0.717, 1.165) is 36.9 Å². The molecule has 1 saturated carbocycles. The minimum Gasteiger partial charge on any atom is -0.381 e. The third-order valence-electron chi connectivity index (χ3n) is 5.68. The molecule has 1 nitrogen and oxygen atoms in total. The zero-order valence-electron chi connectivity index (χ0n) is 12.2. The van der Waals surface area contributed by atoms with Crippen molar-refractivity contribution in [3.05, 3.63) is 0 Å². The van der Waals surface area contributed by atoms with E-state index in [2.05, 4.69) is 27.7 Å². The number of hydrogen-bond donors (Lipinski definition) is 0. The summed E-state index contributed by atoms with van der Waals surface area (Å²) in [6, 6.07) is 0. The van der Waals surface area contributed by atoms with E-state index in [4.69, 9.17) is 4.74 Å². The number of fused-ring (bicyclic) bond motifs is 3. The second-order valence-corrected chi connectivity index (χ2v) is 6.98. The van der Waals surface area contributed by atoms with Crippen LogP contribution >= 0.6 is 0 Å². The quantitative estimate of drug-likeness (QED) is 0.687. The molecule has 0 aromatic rings. The summed E-state index contributed by atoms with van der Waals surface area (Å²) in [6.45, 7) is 11.8. The first-order valence-electron chi connectivity index (χ1n) is 7.65. The van der Waals surface area contributed by atoms with Crippen LogP contribution in [0.1, 0.15) is 59.8 Å². The summed E-state index contributed by atoms with van der Waals surface area (Å²) >= 11 is 0. The molecule has 100 valence electrons. The summed E-state index contributed by atoms with van der Waals surface area (Å²) in [5.74, 6) is 3.34. The van der Waals surface area contributed by atoms with Crippen LogP contribution in [0, 0.1) is 29.1 Å². The summed E-state index contributed by atoms with van der Waals surface area (Å²) in [6.07, 6.45) is 6.98. The third-order valence-corrected chi connectivity index (χ3v) is 5.68. The molecule has 0 spiro atoms. The van der Waals surface area contributed by atoms with Gasteiger partial charge in [-0.05, 0) is 54.8 Å². The summed E-state index contributed by atoms with van der Waals surface area (Å²) in [5, 5.41) is 0. The van der Waals surface area contributed by atoms with E-state index in [1.807, 2.05) is 0 Å². The van der Waals surface area contributed by atoms with Crippen molar-refractivity contribution in [2.75, 3.05) is 13.2 Å². The molecule has 1 aliphatic heterocycles. The Bertz CT molecular complexity index is 232. The van der Waals surface area contributed by atoms with Gasteiger partial charge < -0.3 is 4.74 Å². The molecule has 0 aromatic heterocycles. The van der Waals surface area contributed by atoms with Gasteiger partial charge in [-0.25, -0.2) is 0 Å². The topological polar surface area (TPSA) is 9.23 Å². The SMILES string of the molecule is CC(C)C1(C(C)C)CC2CCCC1CCOC2. The van der Waals surface area contributed by atoms with Crippen molar-refractivity contribution in [3.8, 4) is 0 Å². The van der Waals surface area contributed by atoms with Gasteiger partial charge in [0.25, 0.3) is 0 Å². The fourth-order valence-electron chi connectivity index (χ4n) is 4.80. The van der Waals surface area contributed by atoms with Crippen LogP contribution in [0.15, 0.2) is 0 Å². The Morgan fingerprint density at radius 1 is 1.00 bits per heavy atom. The van der Waals surface area contributed by atoms with Crippen LogP contribution in [-0.4, -0.2) is 13.2 Å². The maximum Gasteiger partial charge on any atom is 0.0494 e. The lowest BCUT2D eigenvalue weighted by Gasteiger charge is -2.49. The smallest absolute Gasteiger partial charge is 0.0494 e. The highest BCUT2D eigenvalue weighted by Gasteiger charge is 2.46. The van der Waals surface area contributed by atoms with Gasteiger partial charge >= 0.3 is 0 Å². The summed E-state index contributed by atoms with van der Waals surface area (Å²) in [4.78, 5) is 0. The minimum atomic E-state index is 0.574. The molecule has 0 N–H and O–H groups in total. The maximum atomic E-state index is 5.84. The molecule has 2 bridgehead atoms. The summed E-state index contributed by atoms with van der Waals surface area (Å²) in [7, 11) is 0. The molecular weight excluding hydrogens is 208 g/mol. The maximum absolute atomic E-state index is 5.84. The normalized spacial score (nSPS) is 33.5. The molecule has 2 rings (SSSR count). The largest absolute Gasteiger partial charge is 0.381 e. The Morgan fingerprint density at radius 3 is 2.35 bits per heavy atom. The fourth-order valence-corrected chi connectivity index (χ4v) is 4.80. The molecule has 2 fully saturated rings. The lowest BCUT2D eigenvalue weighted by atomic mass is 9.57. The van der Waals surface area contributed by atoms with E-state index in [0.29, 0.717) is 5.41 Å². The van der Waals surface area contributed by atoms with E-state index in [1.165, 1.54) is 32.1 Å². The Labute approximate surface area is 107 Å². The van der Waals surface area contributed by atoms with Gasteiger partial charge in [-0.3, -0.25) is 0 Å². The van der Waals surface area contributed by atoms with Crippen LogP contribution in [-0.2, 0) is 4.74 Å². The Balaban J connectivity index is 2.33.